The first-order chi connectivity index (χ1) is 23.5. The van der Waals surface area contributed by atoms with Gasteiger partial charge in [0, 0.05) is 19.3 Å². The van der Waals surface area contributed by atoms with Gasteiger partial charge >= 0.3 is 17.9 Å². The number of hydrogen-bond acceptors (Lipinski definition) is 6. The second-order valence-corrected chi connectivity index (χ2v) is 12.8. The molecule has 0 radical (unpaired) electrons. The first-order valence-corrected chi connectivity index (χ1v) is 19.6. The smallest absolute Gasteiger partial charge is 0.306 e. The van der Waals surface area contributed by atoms with Crippen molar-refractivity contribution in [2.45, 2.75) is 187 Å². The van der Waals surface area contributed by atoms with Crippen LogP contribution in [-0.2, 0) is 28.6 Å². The first kappa shape index (κ1) is 45.4. The van der Waals surface area contributed by atoms with E-state index in [0.717, 1.165) is 64.2 Å². The Morgan fingerprint density at radius 2 is 0.812 bits per heavy atom. The normalized spacial score (nSPS) is 12.5. The lowest BCUT2D eigenvalue weighted by Gasteiger charge is -2.18. The number of esters is 3. The molecule has 6 heteroatoms. The average molecular weight is 673 g/mol. The van der Waals surface area contributed by atoms with Crippen molar-refractivity contribution in [3.05, 3.63) is 48.6 Å². The third-order valence-corrected chi connectivity index (χ3v) is 8.11. The molecule has 0 aliphatic carbocycles. The zero-order valence-corrected chi connectivity index (χ0v) is 31.2. The van der Waals surface area contributed by atoms with Crippen molar-refractivity contribution < 1.29 is 28.6 Å². The maximum absolute atomic E-state index is 12.6. The fraction of sp³-hybridized carbons (Fsp3) is 0.738. The lowest BCUT2D eigenvalue weighted by Crippen LogP contribution is -2.30. The standard InChI is InChI=1S/C42H72O6/c1-4-7-10-13-16-18-20-21-23-24-26-29-32-35-41(44)47-38-39(37-46-40(43)34-31-28-15-12-9-6-3)48-42(45)36-33-30-27-25-22-19-17-14-11-8-5-2/h7,10,16,18,21,23,26,29,39H,4-6,8-9,11-15,17,19-20,22,24-25,27-28,30-38H2,1-3H3/b10-7-,18-16-,23-21-,29-26-. The first-order valence-electron chi connectivity index (χ1n) is 19.6. The molecule has 0 amide bonds. The Bertz CT molecular complexity index is 871. The van der Waals surface area contributed by atoms with Gasteiger partial charge in [0.05, 0.1) is 0 Å². The molecule has 48 heavy (non-hydrogen) atoms. The Hall–Kier alpha value is -2.63. The Morgan fingerprint density at radius 3 is 1.27 bits per heavy atom. The van der Waals surface area contributed by atoms with Crippen LogP contribution >= 0.6 is 0 Å². The van der Waals surface area contributed by atoms with Gasteiger partial charge < -0.3 is 14.2 Å². The summed E-state index contributed by atoms with van der Waals surface area (Å²) >= 11 is 0. The van der Waals surface area contributed by atoms with Gasteiger partial charge in [0.2, 0.25) is 0 Å². The lowest BCUT2D eigenvalue weighted by molar-refractivity contribution is -0.166. The highest BCUT2D eigenvalue weighted by molar-refractivity contribution is 5.71. The Kier molecular flexibility index (Phi) is 35.2. The highest BCUT2D eigenvalue weighted by Crippen LogP contribution is 2.13. The molecule has 0 bridgehead atoms. The summed E-state index contributed by atoms with van der Waals surface area (Å²) < 4.78 is 16.5. The Morgan fingerprint density at radius 1 is 0.438 bits per heavy atom. The van der Waals surface area contributed by atoms with Crippen molar-refractivity contribution in [2.24, 2.45) is 0 Å². The van der Waals surface area contributed by atoms with E-state index in [-0.39, 0.29) is 37.5 Å². The summed E-state index contributed by atoms with van der Waals surface area (Å²) in [6.45, 7) is 6.35. The number of rotatable bonds is 34. The van der Waals surface area contributed by atoms with Crippen LogP contribution in [0.5, 0.6) is 0 Å². The van der Waals surface area contributed by atoms with E-state index in [0.29, 0.717) is 19.3 Å². The summed E-state index contributed by atoms with van der Waals surface area (Å²) in [5.41, 5.74) is 0. The molecule has 0 rings (SSSR count). The van der Waals surface area contributed by atoms with Crippen LogP contribution in [0.3, 0.4) is 0 Å². The maximum atomic E-state index is 12.6. The minimum Gasteiger partial charge on any atom is -0.462 e. The zero-order valence-electron chi connectivity index (χ0n) is 31.2. The van der Waals surface area contributed by atoms with Gasteiger partial charge in [-0.25, -0.2) is 0 Å². The monoisotopic (exact) mass is 673 g/mol. The summed E-state index contributed by atoms with van der Waals surface area (Å²) in [5, 5.41) is 0. The zero-order chi connectivity index (χ0) is 35.2. The van der Waals surface area contributed by atoms with Crippen LogP contribution in [0.4, 0.5) is 0 Å². The number of unbranched alkanes of at least 4 members (excludes halogenated alkanes) is 15. The molecule has 0 saturated heterocycles. The number of carbonyl (C=O) groups is 3. The fourth-order valence-corrected chi connectivity index (χ4v) is 5.16. The molecule has 0 aliphatic rings. The van der Waals surface area contributed by atoms with Crippen LogP contribution in [0.25, 0.3) is 0 Å². The van der Waals surface area contributed by atoms with Gasteiger partial charge in [0.15, 0.2) is 6.10 Å². The molecule has 0 aromatic heterocycles. The molecule has 1 unspecified atom stereocenters. The van der Waals surface area contributed by atoms with Crippen molar-refractivity contribution in [1.82, 2.24) is 0 Å². The van der Waals surface area contributed by atoms with Crippen molar-refractivity contribution in [1.29, 1.82) is 0 Å². The van der Waals surface area contributed by atoms with Crippen LogP contribution < -0.4 is 0 Å². The van der Waals surface area contributed by atoms with E-state index in [4.69, 9.17) is 14.2 Å². The second kappa shape index (κ2) is 37.2. The molecule has 276 valence electrons. The van der Waals surface area contributed by atoms with Gasteiger partial charge in [0.1, 0.15) is 13.2 Å². The van der Waals surface area contributed by atoms with Crippen LogP contribution in [0.15, 0.2) is 48.6 Å². The van der Waals surface area contributed by atoms with Gasteiger partial charge in [0.25, 0.3) is 0 Å². The van der Waals surface area contributed by atoms with Gasteiger partial charge in [-0.2, -0.15) is 0 Å². The van der Waals surface area contributed by atoms with Gasteiger partial charge in [-0.15, -0.1) is 0 Å². The highest BCUT2D eigenvalue weighted by atomic mass is 16.6. The summed E-state index contributed by atoms with van der Waals surface area (Å²) in [5.74, 6) is -0.997. The van der Waals surface area contributed by atoms with E-state index in [1.165, 1.54) is 70.6 Å². The number of carbonyl (C=O) groups excluding carboxylic acids is 3. The minimum atomic E-state index is -0.792. The van der Waals surface area contributed by atoms with Crippen LogP contribution in [0, 0.1) is 0 Å². The van der Waals surface area contributed by atoms with Gasteiger partial charge in [-0.3, -0.25) is 14.4 Å². The quantitative estimate of drug-likeness (QED) is 0.0293. The molecule has 0 aromatic rings. The van der Waals surface area contributed by atoms with Crippen molar-refractivity contribution in [3.63, 3.8) is 0 Å². The van der Waals surface area contributed by atoms with Crippen LogP contribution in [-0.4, -0.2) is 37.2 Å². The lowest BCUT2D eigenvalue weighted by atomic mass is 10.1. The predicted molar refractivity (Wildman–Crippen MR) is 201 cm³/mol. The Labute approximate surface area is 295 Å². The third kappa shape index (κ3) is 34.7. The number of allylic oxidation sites excluding steroid dienone is 8. The van der Waals surface area contributed by atoms with E-state index in [1.54, 1.807) is 0 Å². The molecule has 1 atom stereocenters. The van der Waals surface area contributed by atoms with Crippen molar-refractivity contribution >= 4 is 17.9 Å². The SMILES string of the molecule is CC/C=C\C/C=C\C/C=C\C/C=C\CCC(=O)OCC(COC(=O)CCCCCCCC)OC(=O)CCCCCCCCCCCCC. The third-order valence-electron chi connectivity index (χ3n) is 8.11. The Balaban J connectivity index is 4.43. The molecule has 0 N–H and O–H groups in total. The molecular formula is C42H72O6. The van der Waals surface area contributed by atoms with Crippen molar-refractivity contribution in [2.75, 3.05) is 13.2 Å². The van der Waals surface area contributed by atoms with Crippen molar-refractivity contribution in [3.8, 4) is 0 Å². The molecule has 0 aliphatic heterocycles. The topological polar surface area (TPSA) is 78.9 Å². The maximum Gasteiger partial charge on any atom is 0.306 e. The van der Waals surface area contributed by atoms with E-state index in [2.05, 4.69) is 57.2 Å². The molecular weight excluding hydrogens is 600 g/mol. The van der Waals surface area contributed by atoms with Crippen LogP contribution in [0.2, 0.25) is 0 Å². The molecule has 0 fully saturated rings. The summed E-state index contributed by atoms with van der Waals surface area (Å²) in [7, 11) is 0. The second-order valence-electron chi connectivity index (χ2n) is 12.8. The predicted octanol–water partition coefficient (Wildman–Crippen LogP) is 12.0. The summed E-state index contributed by atoms with van der Waals surface area (Å²) in [4.78, 5) is 37.3. The molecule has 0 aromatic carbocycles. The van der Waals surface area contributed by atoms with Gasteiger partial charge in [-0.1, -0.05) is 166 Å². The molecule has 0 heterocycles. The number of ether oxygens (including phenoxy) is 3. The van der Waals surface area contributed by atoms with E-state index in [1.807, 2.05) is 12.2 Å². The van der Waals surface area contributed by atoms with Gasteiger partial charge in [-0.05, 0) is 44.9 Å². The summed E-state index contributed by atoms with van der Waals surface area (Å²) in [6, 6.07) is 0. The number of hydrogen-bond donors (Lipinski definition) is 0. The van der Waals surface area contributed by atoms with E-state index in [9.17, 15) is 14.4 Å². The molecule has 0 saturated carbocycles. The van der Waals surface area contributed by atoms with E-state index >= 15 is 0 Å². The fourth-order valence-electron chi connectivity index (χ4n) is 5.16. The van der Waals surface area contributed by atoms with Crippen LogP contribution in [0.1, 0.15) is 181 Å². The average Bonchev–Trinajstić information content (AvgIpc) is 3.08. The van der Waals surface area contributed by atoms with E-state index < -0.39 is 6.10 Å². The largest absolute Gasteiger partial charge is 0.462 e. The molecule has 0 spiro atoms. The molecule has 6 nitrogen and oxygen atoms in total. The highest BCUT2D eigenvalue weighted by Gasteiger charge is 2.19. The summed E-state index contributed by atoms with van der Waals surface area (Å²) in [6.07, 6.45) is 41.2. The minimum absolute atomic E-state index is 0.0944.